The number of nitrogens with one attached hydrogen (secondary N) is 2. The number of amides is 4. The van der Waals surface area contributed by atoms with Gasteiger partial charge in [0, 0.05) is 49.9 Å². The molecule has 43 heavy (non-hydrogen) atoms. The van der Waals surface area contributed by atoms with Crippen molar-refractivity contribution in [3.8, 4) is 11.3 Å². The highest BCUT2D eigenvalue weighted by atomic mass is 19.1. The zero-order chi connectivity index (χ0) is 30.5. The Morgan fingerprint density at radius 2 is 1.72 bits per heavy atom. The molecule has 3 aromatic rings. The number of nitrogens with zero attached hydrogens (tertiary/aromatic N) is 4. The number of methoxy groups -OCH3 is 1. The number of alkyl carbamates (subject to hydrolysis) is 1. The first kappa shape index (κ1) is 29.3. The predicted octanol–water partition coefficient (Wildman–Crippen LogP) is 2.38. The molecule has 0 spiro atoms. The first-order valence-corrected chi connectivity index (χ1v) is 13.4. The van der Waals surface area contributed by atoms with Crippen molar-refractivity contribution in [1.29, 1.82) is 0 Å². The number of hydrogen-bond donors (Lipinski definition) is 2. The third kappa shape index (κ3) is 6.66. The van der Waals surface area contributed by atoms with Crippen molar-refractivity contribution in [3.05, 3.63) is 65.9 Å². The van der Waals surface area contributed by atoms with Crippen LogP contribution in [0.4, 0.5) is 29.7 Å². The average Bonchev–Trinajstić information content (AvgIpc) is 3.66. The lowest BCUT2D eigenvalue weighted by Crippen LogP contribution is -2.51. The molecule has 3 heterocycles. The van der Waals surface area contributed by atoms with E-state index in [1.165, 1.54) is 23.0 Å². The zero-order valence-corrected chi connectivity index (χ0v) is 23.0. The molecule has 15 heteroatoms. The van der Waals surface area contributed by atoms with E-state index >= 15 is 8.78 Å². The minimum atomic E-state index is -0.882. The van der Waals surface area contributed by atoms with Gasteiger partial charge in [-0.3, -0.25) is 14.5 Å². The van der Waals surface area contributed by atoms with Crippen molar-refractivity contribution in [1.82, 2.24) is 20.7 Å². The van der Waals surface area contributed by atoms with Crippen molar-refractivity contribution >= 4 is 35.4 Å². The lowest BCUT2D eigenvalue weighted by Gasteiger charge is -2.36. The fourth-order valence-electron chi connectivity index (χ4n) is 4.78. The summed E-state index contributed by atoms with van der Waals surface area (Å²) in [7, 11) is 1.19. The molecule has 2 aromatic carbocycles. The molecule has 4 amide bonds. The highest BCUT2D eigenvalue weighted by Gasteiger charge is 2.34. The lowest BCUT2D eigenvalue weighted by molar-refractivity contribution is -0.130. The van der Waals surface area contributed by atoms with Gasteiger partial charge in [0.2, 0.25) is 11.7 Å². The summed E-state index contributed by atoms with van der Waals surface area (Å²) >= 11 is 0. The van der Waals surface area contributed by atoms with E-state index in [0.29, 0.717) is 5.69 Å². The van der Waals surface area contributed by atoms with Crippen LogP contribution in [0, 0.1) is 11.6 Å². The maximum absolute atomic E-state index is 15.1. The highest BCUT2D eigenvalue weighted by molar-refractivity contribution is 5.95. The Labute approximate surface area is 244 Å². The van der Waals surface area contributed by atoms with Crippen molar-refractivity contribution in [2.45, 2.75) is 6.10 Å². The van der Waals surface area contributed by atoms with E-state index in [4.69, 9.17) is 9.26 Å². The number of hydrogen-bond acceptors (Lipinski definition) is 9. The number of carbonyl (C=O) groups excluding carboxylic acids is 4. The molecule has 226 valence electrons. The van der Waals surface area contributed by atoms with E-state index in [9.17, 15) is 19.2 Å². The molecule has 13 nitrogen and oxygen atoms in total. The Morgan fingerprint density at radius 1 is 1.02 bits per heavy atom. The minimum absolute atomic E-state index is 0.0248. The third-order valence-corrected chi connectivity index (χ3v) is 7.00. The van der Waals surface area contributed by atoms with Crippen LogP contribution in [-0.2, 0) is 14.3 Å². The Morgan fingerprint density at radius 3 is 2.40 bits per heavy atom. The van der Waals surface area contributed by atoms with Gasteiger partial charge in [0.05, 0.1) is 32.4 Å². The number of aromatic nitrogens is 1. The van der Waals surface area contributed by atoms with Crippen LogP contribution in [0.1, 0.15) is 10.6 Å². The van der Waals surface area contributed by atoms with Gasteiger partial charge < -0.3 is 34.4 Å². The molecule has 5 rings (SSSR count). The molecule has 2 saturated heterocycles. The van der Waals surface area contributed by atoms with Gasteiger partial charge in [-0.05, 0) is 0 Å². The number of benzene rings is 2. The van der Waals surface area contributed by atoms with E-state index in [1.54, 1.807) is 0 Å². The molecule has 1 aromatic heterocycles. The predicted molar refractivity (Wildman–Crippen MR) is 147 cm³/mol. The van der Waals surface area contributed by atoms with Crippen LogP contribution in [0.15, 0.2) is 53.1 Å². The first-order valence-electron chi connectivity index (χ1n) is 13.4. The molecular weight excluding hydrogens is 570 g/mol. The smallest absolute Gasteiger partial charge is 0.414 e. The molecular formula is C28H28F2N6O7. The Bertz CT molecular complexity index is 1490. The van der Waals surface area contributed by atoms with Gasteiger partial charge in [0.15, 0.2) is 11.6 Å². The number of anilines is 2. The second-order valence-corrected chi connectivity index (χ2v) is 9.74. The molecule has 2 aliphatic rings. The standard InChI is InChI=1S/C28H28F2N6O7/c1-41-27(39)32-14-19-16-36(28(40)42-19)18-11-20(29)25(21(30)12-18)35-9-7-34(8-10-35)24(37)15-31-26(38)23-13-22(33-43-23)17-5-3-2-4-6-17/h2-6,11-13,19H,7-10,14-16H2,1H3,(H,31,38)(H,32,39)/t19-/m0/s1. The Balaban J connectivity index is 1.13. The third-order valence-electron chi connectivity index (χ3n) is 7.00. The normalized spacial score (nSPS) is 16.6. The molecule has 0 unspecified atom stereocenters. The average molecular weight is 599 g/mol. The summed E-state index contributed by atoms with van der Waals surface area (Å²) in [5.41, 5.74) is 0.953. The van der Waals surface area contributed by atoms with Crippen LogP contribution >= 0.6 is 0 Å². The van der Waals surface area contributed by atoms with Gasteiger partial charge in [0.25, 0.3) is 5.91 Å². The number of ether oxygens (including phenoxy) is 2. The summed E-state index contributed by atoms with van der Waals surface area (Å²) in [5, 5.41) is 8.80. The highest BCUT2D eigenvalue weighted by Crippen LogP contribution is 2.31. The SMILES string of the molecule is COC(=O)NC[C@H]1CN(c2cc(F)c(N3CCN(C(=O)CNC(=O)c4cc(-c5ccccc5)no4)CC3)c(F)c2)C(=O)O1. The Kier molecular flexibility index (Phi) is 8.69. The molecule has 1 atom stereocenters. The van der Waals surface area contributed by atoms with Gasteiger partial charge in [-0.15, -0.1) is 0 Å². The van der Waals surface area contributed by atoms with Crippen molar-refractivity contribution < 1.29 is 42.0 Å². The van der Waals surface area contributed by atoms with E-state index < -0.39 is 35.8 Å². The van der Waals surface area contributed by atoms with E-state index in [2.05, 4.69) is 20.5 Å². The second kappa shape index (κ2) is 12.8. The maximum atomic E-state index is 15.1. The molecule has 2 fully saturated rings. The van der Waals surface area contributed by atoms with Crippen LogP contribution in [0.2, 0.25) is 0 Å². The summed E-state index contributed by atoms with van der Waals surface area (Å²) in [4.78, 5) is 52.7. The van der Waals surface area contributed by atoms with Gasteiger partial charge >= 0.3 is 12.2 Å². The van der Waals surface area contributed by atoms with Crippen molar-refractivity contribution in [2.24, 2.45) is 0 Å². The number of halogens is 2. The largest absolute Gasteiger partial charge is 0.453 e. The van der Waals surface area contributed by atoms with Crippen LogP contribution in [0.25, 0.3) is 11.3 Å². The van der Waals surface area contributed by atoms with Gasteiger partial charge in [-0.1, -0.05) is 35.5 Å². The maximum Gasteiger partial charge on any atom is 0.414 e. The molecule has 2 aliphatic heterocycles. The molecule has 2 N–H and O–H groups in total. The van der Waals surface area contributed by atoms with Gasteiger partial charge in [-0.2, -0.15) is 0 Å². The van der Waals surface area contributed by atoms with Crippen molar-refractivity contribution in [2.75, 3.05) is 62.7 Å². The topological polar surface area (TPSA) is 147 Å². The number of carbonyl (C=O) groups is 4. The summed E-state index contributed by atoms with van der Waals surface area (Å²) in [6, 6.07) is 12.7. The lowest BCUT2D eigenvalue weighted by atomic mass is 10.1. The monoisotopic (exact) mass is 598 g/mol. The molecule has 0 aliphatic carbocycles. The molecule has 0 radical (unpaired) electrons. The molecule has 0 saturated carbocycles. The summed E-state index contributed by atoms with van der Waals surface area (Å²) in [6.07, 6.45) is -2.23. The van der Waals surface area contributed by atoms with E-state index in [1.807, 2.05) is 30.3 Å². The quantitative estimate of drug-likeness (QED) is 0.399. The fourth-order valence-corrected chi connectivity index (χ4v) is 4.78. The van der Waals surface area contributed by atoms with Crippen LogP contribution in [-0.4, -0.2) is 93.1 Å². The van der Waals surface area contributed by atoms with E-state index in [-0.39, 0.29) is 68.9 Å². The Hall–Kier alpha value is -5.21. The zero-order valence-electron chi connectivity index (χ0n) is 23.0. The number of piperazine rings is 1. The van der Waals surface area contributed by atoms with Crippen LogP contribution in [0.5, 0.6) is 0 Å². The van der Waals surface area contributed by atoms with Gasteiger partial charge in [0.1, 0.15) is 17.5 Å². The van der Waals surface area contributed by atoms with E-state index in [0.717, 1.165) is 22.6 Å². The fraction of sp³-hybridized carbons (Fsp3) is 0.321. The minimum Gasteiger partial charge on any atom is -0.453 e. The number of cyclic esters (lactones) is 1. The molecule has 0 bridgehead atoms. The van der Waals surface area contributed by atoms with Crippen LogP contribution < -0.4 is 20.4 Å². The first-order chi connectivity index (χ1) is 20.7. The van der Waals surface area contributed by atoms with Crippen molar-refractivity contribution in [3.63, 3.8) is 0 Å². The van der Waals surface area contributed by atoms with Crippen LogP contribution in [0.3, 0.4) is 0 Å². The summed E-state index contributed by atoms with van der Waals surface area (Å²) < 4.78 is 45.0. The second-order valence-electron chi connectivity index (χ2n) is 9.74. The number of rotatable bonds is 8. The summed E-state index contributed by atoms with van der Waals surface area (Å²) in [6.45, 7) is 0.277. The summed E-state index contributed by atoms with van der Waals surface area (Å²) in [5.74, 6) is -2.77. The van der Waals surface area contributed by atoms with Gasteiger partial charge in [-0.25, -0.2) is 18.4 Å².